The maximum absolute atomic E-state index is 12.1. The molecule has 0 aliphatic carbocycles. The molecule has 0 bridgehead atoms. The van der Waals surface area contributed by atoms with Gasteiger partial charge in [0.15, 0.2) is 9.84 Å². The lowest BCUT2D eigenvalue weighted by Crippen LogP contribution is -2.31. The normalized spacial score (nSPS) is 16.5. The van der Waals surface area contributed by atoms with Crippen LogP contribution in [0.3, 0.4) is 0 Å². The van der Waals surface area contributed by atoms with E-state index in [1.165, 1.54) is 24.1 Å². The van der Waals surface area contributed by atoms with E-state index in [2.05, 4.69) is 38.3 Å². The molecule has 1 aliphatic heterocycles. The highest BCUT2D eigenvalue weighted by Crippen LogP contribution is 2.26. The smallest absolute Gasteiger partial charge is 0.220 e. The Bertz CT molecular complexity index is 963. The summed E-state index contributed by atoms with van der Waals surface area (Å²) in [4.78, 5) is 14.7. The van der Waals surface area contributed by atoms with Crippen molar-refractivity contribution in [3.63, 3.8) is 0 Å². The largest absolute Gasteiger partial charge is 0.494 e. The van der Waals surface area contributed by atoms with Gasteiger partial charge in [-0.1, -0.05) is 22.0 Å². The van der Waals surface area contributed by atoms with E-state index in [0.29, 0.717) is 37.7 Å². The summed E-state index contributed by atoms with van der Waals surface area (Å²) in [5, 5.41) is 3.03. The van der Waals surface area contributed by atoms with E-state index in [1.54, 1.807) is 12.1 Å². The van der Waals surface area contributed by atoms with Crippen molar-refractivity contribution >= 4 is 37.4 Å². The van der Waals surface area contributed by atoms with E-state index in [1.807, 2.05) is 12.1 Å². The van der Waals surface area contributed by atoms with Crippen molar-refractivity contribution < 1.29 is 17.9 Å². The molecule has 1 saturated heterocycles. The Morgan fingerprint density at radius 3 is 2.70 bits per heavy atom. The summed E-state index contributed by atoms with van der Waals surface area (Å²) in [6, 6.07) is 14.6. The van der Waals surface area contributed by atoms with Crippen LogP contribution in [0.5, 0.6) is 5.75 Å². The minimum Gasteiger partial charge on any atom is -0.494 e. The predicted molar refractivity (Wildman–Crippen MR) is 122 cm³/mol. The second kappa shape index (κ2) is 10.3. The lowest BCUT2D eigenvalue weighted by atomic mass is 10.1. The molecule has 8 heteroatoms. The van der Waals surface area contributed by atoms with Gasteiger partial charge in [-0.25, -0.2) is 8.42 Å². The summed E-state index contributed by atoms with van der Waals surface area (Å²) in [6.07, 6.45) is 3.25. The molecule has 2 aromatic rings. The zero-order valence-corrected chi connectivity index (χ0v) is 19.4. The number of benzene rings is 2. The van der Waals surface area contributed by atoms with E-state index in [0.717, 1.165) is 24.0 Å². The predicted octanol–water partition coefficient (Wildman–Crippen LogP) is 3.65. The summed E-state index contributed by atoms with van der Waals surface area (Å²) >= 11 is 3.51. The van der Waals surface area contributed by atoms with Crippen molar-refractivity contribution in [3.8, 4) is 5.75 Å². The van der Waals surface area contributed by atoms with Gasteiger partial charge in [0.1, 0.15) is 5.75 Å². The first-order chi connectivity index (χ1) is 14.3. The summed E-state index contributed by atoms with van der Waals surface area (Å²) in [6.45, 7) is 3.05. The van der Waals surface area contributed by atoms with Gasteiger partial charge in [0.2, 0.25) is 5.91 Å². The average molecular weight is 495 g/mol. The molecular formula is C22H27BrN2O4S. The molecule has 1 atom stereocenters. The van der Waals surface area contributed by atoms with Crippen LogP contribution in [0.15, 0.2) is 57.9 Å². The fourth-order valence-corrected chi connectivity index (χ4v) is 4.48. The van der Waals surface area contributed by atoms with E-state index in [9.17, 15) is 13.2 Å². The van der Waals surface area contributed by atoms with Crippen LogP contribution in [0, 0.1) is 5.92 Å². The van der Waals surface area contributed by atoms with E-state index in [4.69, 9.17) is 4.74 Å². The molecule has 0 radical (unpaired) electrons. The minimum absolute atomic E-state index is 0.0342. The number of ether oxygens (including phenoxy) is 1. The molecule has 1 N–H and O–H groups in total. The summed E-state index contributed by atoms with van der Waals surface area (Å²) in [5.41, 5.74) is 1.21. The molecule has 1 aliphatic rings. The fourth-order valence-electron chi connectivity index (χ4n) is 3.46. The number of sulfone groups is 1. The van der Waals surface area contributed by atoms with Gasteiger partial charge in [-0.15, -0.1) is 0 Å². The molecule has 0 saturated carbocycles. The molecule has 2 aromatic carbocycles. The number of rotatable bonds is 9. The second-order valence-electron chi connectivity index (χ2n) is 7.58. The van der Waals surface area contributed by atoms with Gasteiger partial charge in [0, 0.05) is 42.5 Å². The van der Waals surface area contributed by atoms with Gasteiger partial charge in [-0.3, -0.25) is 4.79 Å². The number of carbonyl (C=O) groups is 1. The van der Waals surface area contributed by atoms with Crippen LogP contribution in [0.4, 0.5) is 5.69 Å². The zero-order valence-electron chi connectivity index (χ0n) is 17.0. The molecular weight excluding hydrogens is 468 g/mol. The zero-order chi connectivity index (χ0) is 21.6. The highest BCUT2D eigenvalue weighted by atomic mass is 79.9. The molecule has 6 nitrogen and oxygen atoms in total. The molecule has 0 aromatic heterocycles. The number of hydrogen-bond acceptors (Lipinski definition) is 5. The molecule has 1 fully saturated rings. The van der Waals surface area contributed by atoms with Crippen LogP contribution in [-0.2, 0) is 14.6 Å². The lowest BCUT2D eigenvalue weighted by Gasteiger charge is -2.19. The first-order valence-corrected chi connectivity index (χ1v) is 12.7. The van der Waals surface area contributed by atoms with Gasteiger partial charge in [0.25, 0.3) is 0 Å². The number of nitrogens with one attached hydrogen (secondary N) is 1. The Kier molecular flexibility index (Phi) is 7.77. The summed E-state index contributed by atoms with van der Waals surface area (Å²) in [5.74, 6) is 1.09. The maximum Gasteiger partial charge on any atom is 0.220 e. The van der Waals surface area contributed by atoms with Gasteiger partial charge >= 0.3 is 0 Å². The fraction of sp³-hybridized carbons (Fsp3) is 0.409. The molecule has 30 heavy (non-hydrogen) atoms. The van der Waals surface area contributed by atoms with Crippen molar-refractivity contribution in [1.82, 2.24) is 5.32 Å². The SMILES string of the molecule is CS(=O)(=O)c1ccc(OCCCC(=O)NCC2CCN(c3cccc(Br)c3)C2)cc1. The Balaban J connectivity index is 1.32. The van der Waals surface area contributed by atoms with Gasteiger partial charge < -0.3 is 15.0 Å². The van der Waals surface area contributed by atoms with Crippen LogP contribution >= 0.6 is 15.9 Å². The number of anilines is 1. The minimum atomic E-state index is -3.20. The Hall–Kier alpha value is -2.06. The Labute approximate surface area is 186 Å². The first kappa shape index (κ1) is 22.6. The third kappa shape index (κ3) is 6.74. The van der Waals surface area contributed by atoms with Gasteiger partial charge in [0.05, 0.1) is 11.5 Å². The van der Waals surface area contributed by atoms with Crippen molar-refractivity contribution in [3.05, 3.63) is 53.0 Å². The van der Waals surface area contributed by atoms with Crippen LogP contribution in [0.25, 0.3) is 0 Å². The molecule has 3 rings (SSSR count). The quantitative estimate of drug-likeness (QED) is 0.538. The standard InChI is InChI=1S/C22H27BrN2O4S/c1-30(27,28)21-9-7-20(8-10-21)29-13-3-6-22(26)24-15-17-11-12-25(16-17)19-5-2-4-18(23)14-19/h2,4-5,7-10,14,17H,3,6,11-13,15-16H2,1H3,(H,24,26). The molecule has 1 heterocycles. The van der Waals surface area contributed by atoms with Gasteiger partial charge in [-0.05, 0) is 61.2 Å². The molecule has 162 valence electrons. The summed E-state index contributed by atoms with van der Waals surface area (Å²) < 4.78 is 29.6. The van der Waals surface area contributed by atoms with E-state index < -0.39 is 9.84 Å². The average Bonchev–Trinajstić information content (AvgIpc) is 3.18. The number of amides is 1. The van der Waals surface area contributed by atoms with Crippen molar-refractivity contribution in [1.29, 1.82) is 0 Å². The van der Waals surface area contributed by atoms with E-state index >= 15 is 0 Å². The van der Waals surface area contributed by atoms with Crippen LogP contribution in [-0.4, -0.2) is 46.8 Å². The number of carbonyl (C=O) groups excluding carboxylic acids is 1. The lowest BCUT2D eigenvalue weighted by molar-refractivity contribution is -0.121. The van der Waals surface area contributed by atoms with Gasteiger partial charge in [-0.2, -0.15) is 0 Å². The first-order valence-electron chi connectivity index (χ1n) is 10.0. The highest BCUT2D eigenvalue weighted by molar-refractivity contribution is 9.10. The molecule has 1 amide bonds. The number of halogens is 1. The molecule has 1 unspecified atom stereocenters. The summed E-state index contributed by atoms with van der Waals surface area (Å²) in [7, 11) is -3.20. The van der Waals surface area contributed by atoms with E-state index in [-0.39, 0.29) is 10.8 Å². The Morgan fingerprint density at radius 1 is 1.23 bits per heavy atom. The monoisotopic (exact) mass is 494 g/mol. The number of hydrogen-bond donors (Lipinski definition) is 1. The third-order valence-electron chi connectivity index (χ3n) is 5.12. The maximum atomic E-state index is 12.1. The topological polar surface area (TPSA) is 75.7 Å². The third-order valence-corrected chi connectivity index (χ3v) is 6.74. The molecule has 0 spiro atoms. The van der Waals surface area contributed by atoms with Crippen LogP contribution < -0.4 is 15.0 Å². The van der Waals surface area contributed by atoms with Crippen LogP contribution in [0.1, 0.15) is 19.3 Å². The number of nitrogens with zero attached hydrogens (tertiary/aromatic N) is 1. The van der Waals surface area contributed by atoms with Crippen LogP contribution in [0.2, 0.25) is 0 Å². The van der Waals surface area contributed by atoms with Crippen molar-refractivity contribution in [2.75, 3.05) is 37.4 Å². The highest BCUT2D eigenvalue weighted by Gasteiger charge is 2.23. The van der Waals surface area contributed by atoms with Crippen molar-refractivity contribution in [2.45, 2.75) is 24.2 Å². The second-order valence-corrected chi connectivity index (χ2v) is 10.5. The Morgan fingerprint density at radius 2 is 2.00 bits per heavy atom. The van der Waals surface area contributed by atoms with Crippen molar-refractivity contribution in [2.24, 2.45) is 5.92 Å².